The summed E-state index contributed by atoms with van der Waals surface area (Å²) in [4.78, 5) is 26.0. The lowest BCUT2D eigenvalue weighted by Crippen LogP contribution is -2.86. The number of amides is 1. The predicted molar refractivity (Wildman–Crippen MR) is 115 cm³/mol. The van der Waals surface area contributed by atoms with Gasteiger partial charge < -0.3 is 19.8 Å². The minimum absolute atomic E-state index is 0.110. The molecular formula is C26H30FNO5. The van der Waals surface area contributed by atoms with Crippen LogP contribution in [-0.4, -0.2) is 52.3 Å². The number of aliphatic hydroxyl groups is 1. The number of hydrogen-bond donors (Lipinski definition) is 2. The number of halogens is 1. The summed E-state index contributed by atoms with van der Waals surface area (Å²) in [7, 11) is 0. The van der Waals surface area contributed by atoms with Crippen LogP contribution in [0.25, 0.3) is 0 Å². The van der Waals surface area contributed by atoms with Gasteiger partial charge in [-0.25, -0.2) is 9.18 Å². The average Bonchev–Trinajstić information content (AvgIpc) is 3.50. The summed E-state index contributed by atoms with van der Waals surface area (Å²) in [6, 6.07) is 1.76. The topological polar surface area (TPSA) is 87.1 Å². The lowest BCUT2D eigenvalue weighted by molar-refractivity contribution is -0.436. The van der Waals surface area contributed by atoms with Gasteiger partial charge in [-0.3, -0.25) is 4.79 Å². The van der Waals surface area contributed by atoms with E-state index in [-0.39, 0.29) is 23.4 Å². The van der Waals surface area contributed by atoms with Crippen LogP contribution >= 0.6 is 0 Å². The van der Waals surface area contributed by atoms with E-state index in [1.54, 1.807) is 13.0 Å². The van der Waals surface area contributed by atoms with Crippen molar-refractivity contribution in [3.05, 3.63) is 29.1 Å². The fourth-order valence-electron chi connectivity index (χ4n) is 8.89. The number of β-amino-alcohol motifs (C(OH)–C–C–N with tert-alkyl or cyclic N) is 1. The molecule has 0 radical (unpaired) electrons. The molecule has 1 aliphatic heterocycles. The van der Waals surface area contributed by atoms with Gasteiger partial charge in [0.1, 0.15) is 17.6 Å². The van der Waals surface area contributed by atoms with Gasteiger partial charge in [-0.2, -0.15) is 0 Å². The summed E-state index contributed by atoms with van der Waals surface area (Å²) < 4.78 is 21.5. The van der Waals surface area contributed by atoms with Gasteiger partial charge in [0.2, 0.25) is 0 Å². The van der Waals surface area contributed by atoms with E-state index in [1.807, 2.05) is 0 Å². The number of aliphatic carboxylic acids is 1. The standard InChI is InChI=1S/C26H30FNO5/c1-12-20(29)10-28(22(12)24(31)32)23(30)18-6-17(13-2-3-13)21(7-19(18)27)33-11-25-8-15-4-14-5-16(9-25)26(14,15)25/h6-7,12-16,20,22,29H,2-5,8-11H2,1H3,(H,31,32)/t12-,14?,15?,16?,20-,22+,25?,26?/m1/s1. The number of nitrogens with zero attached hydrogens (tertiary/aromatic N) is 1. The van der Waals surface area contributed by atoms with E-state index in [0.29, 0.717) is 17.8 Å². The quantitative estimate of drug-likeness (QED) is 0.686. The highest BCUT2D eigenvalue weighted by Gasteiger charge is 2.87. The molecule has 5 saturated carbocycles. The minimum atomic E-state index is -1.18. The zero-order chi connectivity index (χ0) is 22.9. The van der Waals surface area contributed by atoms with Crippen molar-refractivity contribution in [2.24, 2.45) is 34.5 Å². The van der Waals surface area contributed by atoms with Crippen LogP contribution in [0.3, 0.4) is 0 Å². The second-order valence-electron chi connectivity index (χ2n) is 11.8. The van der Waals surface area contributed by atoms with E-state index in [1.165, 1.54) is 31.7 Å². The molecule has 6 nitrogen and oxygen atoms in total. The van der Waals surface area contributed by atoms with Crippen LogP contribution in [0.2, 0.25) is 0 Å². The number of benzene rings is 1. The molecule has 1 amide bonds. The average molecular weight is 456 g/mol. The maximum atomic E-state index is 15.2. The van der Waals surface area contributed by atoms with E-state index in [9.17, 15) is 19.8 Å². The highest BCUT2D eigenvalue weighted by Crippen LogP contribution is 2.92. The SMILES string of the molecule is C[C@@H]1[C@H](O)CN(C(=O)c2cc(C3CC3)c(OCC34CC5CC6CC(C3)C654)cc2F)[C@@H]1C(=O)O. The first-order valence-electron chi connectivity index (χ1n) is 12.4. The Morgan fingerprint density at radius 1 is 1.18 bits per heavy atom. The van der Waals surface area contributed by atoms with Crippen molar-refractivity contribution >= 4 is 11.9 Å². The highest BCUT2D eigenvalue weighted by molar-refractivity contribution is 5.97. The molecule has 1 saturated heterocycles. The molecule has 1 aromatic rings. The molecule has 1 aromatic carbocycles. The summed E-state index contributed by atoms with van der Waals surface area (Å²) in [5.74, 6) is 0.306. The van der Waals surface area contributed by atoms with Gasteiger partial charge in [-0.15, -0.1) is 0 Å². The van der Waals surface area contributed by atoms with Crippen LogP contribution in [0.5, 0.6) is 5.75 Å². The Labute approximate surface area is 192 Å². The molecular weight excluding hydrogens is 425 g/mol. The van der Waals surface area contributed by atoms with Crippen LogP contribution in [0.4, 0.5) is 4.39 Å². The van der Waals surface area contributed by atoms with Gasteiger partial charge in [0.05, 0.1) is 18.3 Å². The summed E-state index contributed by atoms with van der Waals surface area (Å²) in [6.07, 6.45) is 6.27. The number of carbonyl (C=O) groups is 2. The zero-order valence-corrected chi connectivity index (χ0v) is 18.8. The molecule has 2 N–H and O–H groups in total. The minimum Gasteiger partial charge on any atom is -0.493 e. The molecule has 2 unspecified atom stereocenters. The third-order valence-electron chi connectivity index (χ3n) is 10.5. The van der Waals surface area contributed by atoms with Crippen molar-refractivity contribution in [1.29, 1.82) is 0 Å². The molecule has 6 fully saturated rings. The van der Waals surface area contributed by atoms with Gasteiger partial charge in [-0.05, 0) is 79.2 Å². The summed E-state index contributed by atoms with van der Waals surface area (Å²) in [5.41, 5.74) is 1.56. The number of carboxylic acid groups (broad SMARTS) is 1. The normalized spacial score (nSPS) is 43.9. The summed E-state index contributed by atoms with van der Waals surface area (Å²) in [5, 5.41) is 19.7. The Bertz CT molecular complexity index is 1060. The number of rotatable bonds is 6. The lowest BCUT2D eigenvalue weighted by Gasteiger charge is -2.91. The Morgan fingerprint density at radius 2 is 1.88 bits per heavy atom. The number of likely N-dealkylation sites (tertiary alicyclic amines) is 1. The fraction of sp³-hybridized carbons (Fsp3) is 0.692. The molecule has 6 aliphatic rings. The molecule has 5 atom stereocenters. The largest absolute Gasteiger partial charge is 0.493 e. The van der Waals surface area contributed by atoms with Crippen LogP contribution in [-0.2, 0) is 4.79 Å². The smallest absolute Gasteiger partial charge is 0.326 e. The molecule has 1 spiro atoms. The molecule has 0 aromatic heterocycles. The van der Waals surface area contributed by atoms with E-state index < -0.39 is 35.8 Å². The molecule has 7 heteroatoms. The van der Waals surface area contributed by atoms with Crippen LogP contribution in [0.15, 0.2) is 12.1 Å². The van der Waals surface area contributed by atoms with E-state index in [2.05, 4.69) is 0 Å². The van der Waals surface area contributed by atoms with Crippen molar-refractivity contribution in [2.45, 2.75) is 63.5 Å². The lowest BCUT2D eigenvalue weighted by atomic mass is 9.13. The van der Waals surface area contributed by atoms with Gasteiger partial charge >= 0.3 is 5.97 Å². The van der Waals surface area contributed by atoms with Gasteiger partial charge in [0.15, 0.2) is 0 Å². The van der Waals surface area contributed by atoms with Crippen molar-refractivity contribution < 1.29 is 28.9 Å². The first-order chi connectivity index (χ1) is 15.8. The van der Waals surface area contributed by atoms with Crippen LogP contribution < -0.4 is 4.74 Å². The monoisotopic (exact) mass is 455 g/mol. The van der Waals surface area contributed by atoms with Crippen molar-refractivity contribution in [3.63, 3.8) is 0 Å². The van der Waals surface area contributed by atoms with E-state index in [0.717, 1.165) is 41.1 Å². The first-order valence-corrected chi connectivity index (χ1v) is 12.4. The fourth-order valence-corrected chi connectivity index (χ4v) is 8.89. The number of hydrogen-bond acceptors (Lipinski definition) is 4. The molecule has 176 valence electrons. The van der Waals surface area contributed by atoms with Crippen molar-refractivity contribution in [1.82, 2.24) is 4.90 Å². The van der Waals surface area contributed by atoms with Crippen molar-refractivity contribution in [3.8, 4) is 5.75 Å². The molecule has 5 aliphatic carbocycles. The third-order valence-corrected chi connectivity index (χ3v) is 10.5. The van der Waals surface area contributed by atoms with Crippen molar-refractivity contribution in [2.75, 3.05) is 13.2 Å². The number of aliphatic hydroxyl groups excluding tert-OH is 1. The zero-order valence-electron chi connectivity index (χ0n) is 18.8. The maximum absolute atomic E-state index is 15.2. The van der Waals surface area contributed by atoms with Gasteiger partial charge in [0.25, 0.3) is 5.91 Å². The third kappa shape index (κ3) is 2.32. The second kappa shape index (κ2) is 6.29. The Balaban J connectivity index is 1.15. The second-order valence-corrected chi connectivity index (χ2v) is 11.8. The summed E-state index contributed by atoms with van der Waals surface area (Å²) in [6.45, 7) is 2.13. The van der Waals surface area contributed by atoms with E-state index in [4.69, 9.17) is 4.74 Å². The van der Waals surface area contributed by atoms with Crippen LogP contribution in [0, 0.1) is 40.3 Å². The van der Waals surface area contributed by atoms with Gasteiger partial charge in [-0.1, -0.05) is 6.92 Å². The Kier molecular flexibility index (Phi) is 3.86. The first kappa shape index (κ1) is 20.2. The maximum Gasteiger partial charge on any atom is 0.326 e. The number of ether oxygens (including phenoxy) is 1. The highest BCUT2D eigenvalue weighted by atomic mass is 19.1. The van der Waals surface area contributed by atoms with E-state index >= 15 is 4.39 Å². The molecule has 1 heterocycles. The molecule has 7 rings (SSSR count). The van der Waals surface area contributed by atoms with Crippen LogP contribution in [0.1, 0.15) is 67.3 Å². The van der Waals surface area contributed by atoms with Gasteiger partial charge in [0, 0.05) is 23.9 Å². The Morgan fingerprint density at radius 3 is 2.45 bits per heavy atom. The predicted octanol–water partition coefficient (Wildman–Crippen LogP) is 3.42. The molecule has 33 heavy (non-hydrogen) atoms. The number of carbonyl (C=O) groups excluding carboxylic acids is 1. The molecule has 0 bridgehead atoms. The summed E-state index contributed by atoms with van der Waals surface area (Å²) >= 11 is 0. The Hall–Kier alpha value is -2.15. The number of carboxylic acids is 1.